The first kappa shape index (κ1) is 23.2. The molecule has 3 fully saturated rings. The molecular weight excluding hydrogens is 471 g/mol. The van der Waals surface area contributed by atoms with Gasteiger partial charge in [0.25, 0.3) is 0 Å². The van der Waals surface area contributed by atoms with Gasteiger partial charge in [-0.1, -0.05) is 12.1 Å². The largest absolute Gasteiger partial charge is 0.504 e. The number of amides is 1. The van der Waals surface area contributed by atoms with Gasteiger partial charge in [0.1, 0.15) is 11.9 Å². The molecule has 6 nitrogen and oxygen atoms in total. The van der Waals surface area contributed by atoms with E-state index in [4.69, 9.17) is 4.74 Å². The zero-order valence-electron chi connectivity index (χ0n) is 21.0. The highest BCUT2D eigenvalue weighted by Gasteiger charge is 2.72. The Hall–Kier alpha value is -2.90. The Morgan fingerprint density at radius 3 is 2.78 bits per heavy atom. The lowest BCUT2D eigenvalue weighted by Gasteiger charge is -2.62. The van der Waals surface area contributed by atoms with Gasteiger partial charge in [-0.05, 0) is 98.4 Å². The molecular formula is C30H33FN2O4. The van der Waals surface area contributed by atoms with Gasteiger partial charge in [0, 0.05) is 24.7 Å². The zero-order chi connectivity index (χ0) is 25.5. The van der Waals surface area contributed by atoms with Gasteiger partial charge >= 0.3 is 0 Å². The van der Waals surface area contributed by atoms with Crippen molar-refractivity contribution in [3.05, 3.63) is 64.5 Å². The highest BCUT2D eigenvalue weighted by molar-refractivity contribution is 5.92. The van der Waals surface area contributed by atoms with Crippen LogP contribution in [0.25, 0.3) is 6.08 Å². The summed E-state index contributed by atoms with van der Waals surface area (Å²) in [4.78, 5) is 15.0. The number of phenolic OH excluding ortho intramolecular Hbond substituents is 1. The van der Waals surface area contributed by atoms with E-state index in [1.807, 2.05) is 6.07 Å². The topological polar surface area (TPSA) is 82.0 Å². The highest BCUT2D eigenvalue weighted by Crippen LogP contribution is 2.65. The van der Waals surface area contributed by atoms with Crippen LogP contribution in [0, 0.1) is 11.7 Å². The molecule has 1 saturated heterocycles. The number of halogens is 1. The van der Waals surface area contributed by atoms with Gasteiger partial charge < -0.3 is 25.2 Å². The maximum atomic E-state index is 13.3. The fourth-order valence-corrected chi connectivity index (χ4v) is 7.81. The van der Waals surface area contributed by atoms with E-state index in [9.17, 15) is 19.4 Å². The van der Waals surface area contributed by atoms with Crippen molar-refractivity contribution >= 4 is 12.0 Å². The molecule has 2 aromatic rings. The zero-order valence-corrected chi connectivity index (χ0v) is 21.0. The summed E-state index contributed by atoms with van der Waals surface area (Å²) in [6, 6.07) is 7.57. The summed E-state index contributed by atoms with van der Waals surface area (Å²) in [5.74, 6) is 0.849. The Labute approximate surface area is 216 Å². The fourth-order valence-electron chi connectivity index (χ4n) is 7.81. The van der Waals surface area contributed by atoms with Gasteiger partial charge in [-0.3, -0.25) is 4.79 Å². The van der Waals surface area contributed by atoms with Crippen LogP contribution in [0.2, 0.25) is 0 Å². The van der Waals surface area contributed by atoms with Gasteiger partial charge in [-0.15, -0.1) is 0 Å². The molecule has 2 bridgehead atoms. The van der Waals surface area contributed by atoms with Crippen molar-refractivity contribution in [2.45, 2.75) is 74.1 Å². The van der Waals surface area contributed by atoms with Crippen molar-refractivity contribution in [1.29, 1.82) is 0 Å². The number of phenols is 1. The van der Waals surface area contributed by atoms with Crippen molar-refractivity contribution in [2.24, 2.45) is 5.92 Å². The third-order valence-corrected chi connectivity index (χ3v) is 9.81. The molecule has 7 rings (SSSR count). The van der Waals surface area contributed by atoms with E-state index >= 15 is 0 Å². The normalized spacial score (nSPS) is 33.2. The molecule has 2 heterocycles. The van der Waals surface area contributed by atoms with Crippen LogP contribution in [0.1, 0.15) is 54.4 Å². The maximum Gasteiger partial charge on any atom is 0.246 e. The molecule has 5 aliphatic rings. The van der Waals surface area contributed by atoms with Crippen molar-refractivity contribution in [2.75, 3.05) is 13.6 Å². The summed E-state index contributed by atoms with van der Waals surface area (Å²) in [7, 11) is 1.79. The average Bonchev–Trinajstić information content (AvgIpc) is 3.62. The van der Waals surface area contributed by atoms with Gasteiger partial charge in [0.2, 0.25) is 5.91 Å². The molecule has 2 saturated carbocycles. The molecule has 194 valence electrons. The summed E-state index contributed by atoms with van der Waals surface area (Å²) in [6.45, 7) is 0.758. The molecule has 2 aromatic carbocycles. The summed E-state index contributed by atoms with van der Waals surface area (Å²) >= 11 is 0. The average molecular weight is 505 g/mol. The van der Waals surface area contributed by atoms with Crippen LogP contribution in [0.15, 0.2) is 36.4 Å². The lowest BCUT2D eigenvalue weighted by Crippen LogP contribution is -2.77. The number of aromatic hydroxyl groups is 1. The molecule has 0 aromatic heterocycles. The summed E-state index contributed by atoms with van der Waals surface area (Å²) in [6.07, 6.45) is 8.76. The Balaban J connectivity index is 1.27. The second-order valence-corrected chi connectivity index (χ2v) is 11.7. The number of nitrogens with zero attached hydrogens (tertiary/aromatic N) is 1. The lowest BCUT2D eigenvalue weighted by atomic mass is 9.48. The van der Waals surface area contributed by atoms with Gasteiger partial charge in [0.15, 0.2) is 11.5 Å². The van der Waals surface area contributed by atoms with Crippen molar-refractivity contribution in [1.82, 2.24) is 10.2 Å². The van der Waals surface area contributed by atoms with E-state index in [0.717, 1.165) is 30.5 Å². The number of carbonyl (C=O) groups excluding carboxylic acids is 1. The Bertz CT molecular complexity index is 1310. The lowest BCUT2D eigenvalue weighted by molar-refractivity contribution is -0.172. The van der Waals surface area contributed by atoms with Gasteiger partial charge in [-0.2, -0.15) is 0 Å². The van der Waals surface area contributed by atoms with Gasteiger partial charge in [0.05, 0.1) is 17.1 Å². The number of likely N-dealkylation sites (N-methyl/N-ethyl adjacent to an activating group) is 1. The summed E-state index contributed by atoms with van der Waals surface area (Å²) in [5.41, 5.74) is 2.50. The smallest absolute Gasteiger partial charge is 0.246 e. The van der Waals surface area contributed by atoms with E-state index in [1.165, 1.54) is 42.2 Å². The SMILES string of the molecule is CN(C(=O)C=Cc1ccc(F)cc1)[C@@H]1CC[C@@]2(O)[C@H]3Cc4c(CC5CC5)cc(O)c5c4[C@@]2(CCN3)[C@H]1O5. The first-order valence-electron chi connectivity index (χ1n) is 13.5. The molecule has 37 heavy (non-hydrogen) atoms. The Kier molecular flexibility index (Phi) is 5.05. The molecule has 1 amide bonds. The molecule has 5 atom stereocenters. The second-order valence-electron chi connectivity index (χ2n) is 11.7. The van der Waals surface area contributed by atoms with Crippen molar-refractivity contribution in [3.63, 3.8) is 0 Å². The number of carbonyl (C=O) groups is 1. The van der Waals surface area contributed by atoms with Crippen LogP contribution in [-0.2, 0) is 23.1 Å². The number of hydrogen-bond acceptors (Lipinski definition) is 5. The number of rotatable bonds is 5. The molecule has 1 spiro atoms. The van der Waals surface area contributed by atoms with Crippen LogP contribution < -0.4 is 10.1 Å². The molecule has 3 N–H and O–H groups in total. The minimum absolute atomic E-state index is 0.0753. The molecule has 0 unspecified atom stereocenters. The van der Waals surface area contributed by atoms with Crippen LogP contribution in [0.4, 0.5) is 4.39 Å². The number of piperidine rings is 1. The summed E-state index contributed by atoms with van der Waals surface area (Å²) < 4.78 is 19.9. The predicted octanol–water partition coefficient (Wildman–Crippen LogP) is 3.47. The van der Waals surface area contributed by atoms with Crippen molar-refractivity contribution in [3.8, 4) is 11.5 Å². The number of hydrogen-bond donors (Lipinski definition) is 3. The predicted molar refractivity (Wildman–Crippen MR) is 137 cm³/mol. The number of benzene rings is 2. The third kappa shape index (κ3) is 3.26. The van der Waals surface area contributed by atoms with E-state index in [1.54, 1.807) is 30.2 Å². The highest BCUT2D eigenvalue weighted by atomic mass is 19.1. The molecule has 3 aliphatic carbocycles. The Morgan fingerprint density at radius 1 is 1.24 bits per heavy atom. The van der Waals surface area contributed by atoms with Gasteiger partial charge in [-0.25, -0.2) is 4.39 Å². The maximum absolute atomic E-state index is 13.3. The van der Waals surface area contributed by atoms with Crippen LogP contribution in [0.3, 0.4) is 0 Å². The number of ether oxygens (including phenoxy) is 1. The minimum Gasteiger partial charge on any atom is -0.504 e. The van der Waals surface area contributed by atoms with Crippen LogP contribution >= 0.6 is 0 Å². The quantitative estimate of drug-likeness (QED) is 0.544. The van der Waals surface area contributed by atoms with Crippen LogP contribution in [-0.4, -0.2) is 58.4 Å². The first-order chi connectivity index (χ1) is 17.8. The fraction of sp³-hybridized carbons (Fsp3) is 0.500. The molecule has 7 heteroatoms. The summed E-state index contributed by atoms with van der Waals surface area (Å²) in [5, 5.41) is 27.1. The third-order valence-electron chi connectivity index (χ3n) is 9.81. The van der Waals surface area contributed by atoms with E-state index in [-0.39, 0.29) is 29.6 Å². The van der Waals surface area contributed by atoms with Crippen molar-refractivity contribution < 1.29 is 24.1 Å². The van der Waals surface area contributed by atoms with E-state index in [0.29, 0.717) is 30.9 Å². The second kappa shape index (κ2) is 8.05. The molecule has 0 radical (unpaired) electrons. The molecule has 2 aliphatic heterocycles. The number of aliphatic hydroxyl groups is 1. The first-order valence-corrected chi connectivity index (χ1v) is 13.5. The standard InChI is InChI=1S/C30H33FN2O4/c1-33(25(35)9-6-17-4-7-20(31)8-5-17)22-10-11-30(36)24-16-21-19(14-18-2-3-18)15-23(34)27-26(21)29(30,12-13-32-24)28(22)37-27/h4-9,15,18,22,24,28,32,34,36H,2-3,10-14,16H2,1H3/t22-,24-,28+,29+,30-/m1/s1. The minimum atomic E-state index is -0.997. The van der Waals surface area contributed by atoms with E-state index in [2.05, 4.69) is 5.32 Å². The monoisotopic (exact) mass is 504 g/mol. The number of nitrogens with one attached hydrogen (secondary N) is 1. The van der Waals surface area contributed by atoms with Crippen LogP contribution in [0.5, 0.6) is 11.5 Å². The Morgan fingerprint density at radius 2 is 2.03 bits per heavy atom. The van der Waals surface area contributed by atoms with E-state index < -0.39 is 17.1 Å².